The minimum Gasteiger partial charge on any atom is -0.370 e. The molecule has 0 aliphatic heterocycles. The lowest BCUT2D eigenvalue weighted by molar-refractivity contribution is 0.0946. The number of rotatable bonds is 6. The van der Waals surface area contributed by atoms with Crippen LogP contribution in [0.4, 0.5) is 5.82 Å². The predicted octanol–water partition coefficient (Wildman–Crippen LogP) is 2.82. The van der Waals surface area contributed by atoms with Gasteiger partial charge >= 0.3 is 0 Å². The van der Waals surface area contributed by atoms with Gasteiger partial charge in [0.15, 0.2) is 0 Å². The molecule has 1 heterocycles. The van der Waals surface area contributed by atoms with Crippen LogP contribution in [0.3, 0.4) is 0 Å². The van der Waals surface area contributed by atoms with E-state index in [9.17, 15) is 4.79 Å². The second-order valence-corrected chi connectivity index (χ2v) is 5.13. The van der Waals surface area contributed by atoms with Gasteiger partial charge in [0.2, 0.25) is 0 Å². The van der Waals surface area contributed by atoms with Gasteiger partial charge in [0.25, 0.3) is 5.91 Å². The average molecular weight is 261 g/mol. The normalized spacial score (nSPS) is 15.4. The van der Waals surface area contributed by atoms with Gasteiger partial charge in [0.05, 0.1) is 0 Å². The lowest BCUT2D eigenvalue weighted by Crippen LogP contribution is -2.26. The van der Waals surface area contributed by atoms with E-state index in [1.807, 2.05) is 19.1 Å². The van der Waals surface area contributed by atoms with Gasteiger partial charge < -0.3 is 10.6 Å². The number of hydrogen-bond donors (Lipinski definition) is 2. The molecule has 1 aromatic heterocycles. The Kier molecular flexibility index (Phi) is 5.19. The Morgan fingerprint density at radius 2 is 2.16 bits per heavy atom. The number of hydrogen-bond acceptors (Lipinski definition) is 3. The summed E-state index contributed by atoms with van der Waals surface area (Å²) in [5.74, 6) is 1.49. The van der Waals surface area contributed by atoms with Crippen LogP contribution in [0.25, 0.3) is 0 Å². The Labute approximate surface area is 115 Å². The van der Waals surface area contributed by atoms with E-state index >= 15 is 0 Å². The monoisotopic (exact) mass is 261 g/mol. The topological polar surface area (TPSA) is 54.0 Å². The van der Waals surface area contributed by atoms with Crippen LogP contribution in [-0.2, 0) is 0 Å². The predicted molar refractivity (Wildman–Crippen MR) is 77.3 cm³/mol. The Bertz CT molecular complexity index is 414. The van der Waals surface area contributed by atoms with Crippen molar-refractivity contribution in [3.05, 3.63) is 23.9 Å². The van der Waals surface area contributed by atoms with Crippen LogP contribution in [0.1, 0.15) is 49.5 Å². The molecule has 1 aromatic rings. The van der Waals surface area contributed by atoms with Crippen LogP contribution in [-0.4, -0.2) is 24.0 Å². The van der Waals surface area contributed by atoms with Crippen LogP contribution < -0.4 is 10.6 Å². The number of nitrogens with one attached hydrogen (secondary N) is 2. The van der Waals surface area contributed by atoms with E-state index < -0.39 is 0 Å². The molecular weight excluding hydrogens is 238 g/mol. The van der Waals surface area contributed by atoms with Crippen molar-refractivity contribution in [2.45, 2.75) is 39.0 Å². The second-order valence-electron chi connectivity index (χ2n) is 5.13. The molecule has 2 rings (SSSR count). The van der Waals surface area contributed by atoms with Gasteiger partial charge in [-0.2, -0.15) is 0 Å². The van der Waals surface area contributed by atoms with Crippen LogP contribution in [0.15, 0.2) is 18.2 Å². The van der Waals surface area contributed by atoms with Crippen molar-refractivity contribution in [3.63, 3.8) is 0 Å². The number of carbonyl (C=O) groups excluding carboxylic acids is 1. The first-order valence-electron chi connectivity index (χ1n) is 7.28. The van der Waals surface area contributed by atoms with E-state index in [2.05, 4.69) is 15.6 Å². The van der Waals surface area contributed by atoms with Crippen molar-refractivity contribution in [3.8, 4) is 0 Å². The fraction of sp³-hybridized carbons (Fsp3) is 0.600. The molecule has 0 radical (unpaired) electrons. The zero-order valence-electron chi connectivity index (χ0n) is 11.6. The molecule has 1 fully saturated rings. The molecule has 1 amide bonds. The lowest BCUT2D eigenvalue weighted by Gasteiger charge is -2.10. The standard InChI is InChI=1S/C15H23N3O/c1-2-16-14-9-5-8-13(18-14)15(19)17-11-10-12-6-3-4-7-12/h5,8-9,12H,2-4,6-7,10-11H2,1H3,(H,16,18)(H,17,19). The fourth-order valence-electron chi connectivity index (χ4n) is 2.62. The highest BCUT2D eigenvalue weighted by molar-refractivity contribution is 5.92. The molecule has 2 N–H and O–H groups in total. The molecule has 4 heteroatoms. The van der Waals surface area contributed by atoms with Gasteiger partial charge in [-0.25, -0.2) is 4.98 Å². The number of anilines is 1. The third-order valence-electron chi connectivity index (χ3n) is 3.65. The number of carbonyl (C=O) groups is 1. The van der Waals surface area contributed by atoms with Crippen LogP contribution >= 0.6 is 0 Å². The SMILES string of the molecule is CCNc1cccc(C(=O)NCCC2CCCC2)n1. The van der Waals surface area contributed by atoms with Gasteiger partial charge in [0.1, 0.15) is 11.5 Å². The van der Waals surface area contributed by atoms with Gasteiger partial charge in [-0.1, -0.05) is 31.7 Å². The van der Waals surface area contributed by atoms with Crippen molar-refractivity contribution >= 4 is 11.7 Å². The van der Waals surface area contributed by atoms with Gasteiger partial charge in [-0.3, -0.25) is 4.79 Å². The Morgan fingerprint density at radius 1 is 1.37 bits per heavy atom. The number of pyridine rings is 1. The molecule has 0 aromatic carbocycles. The highest BCUT2D eigenvalue weighted by atomic mass is 16.1. The number of amides is 1. The van der Waals surface area contributed by atoms with Crippen molar-refractivity contribution in [1.29, 1.82) is 0 Å². The van der Waals surface area contributed by atoms with E-state index in [-0.39, 0.29) is 5.91 Å². The molecule has 0 unspecified atom stereocenters. The van der Waals surface area contributed by atoms with E-state index in [1.54, 1.807) is 6.07 Å². The maximum atomic E-state index is 12.0. The lowest BCUT2D eigenvalue weighted by atomic mass is 10.0. The highest BCUT2D eigenvalue weighted by Crippen LogP contribution is 2.26. The third-order valence-corrected chi connectivity index (χ3v) is 3.65. The number of nitrogens with zero attached hydrogens (tertiary/aromatic N) is 1. The quantitative estimate of drug-likeness (QED) is 0.828. The van der Waals surface area contributed by atoms with Gasteiger partial charge in [-0.05, 0) is 31.4 Å². The third kappa shape index (κ3) is 4.23. The first kappa shape index (κ1) is 13.8. The molecule has 1 aliphatic carbocycles. The van der Waals surface area contributed by atoms with E-state index in [1.165, 1.54) is 25.7 Å². The summed E-state index contributed by atoms with van der Waals surface area (Å²) in [5.41, 5.74) is 0.491. The molecule has 0 atom stereocenters. The molecule has 4 nitrogen and oxygen atoms in total. The van der Waals surface area contributed by atoms with E-state index in [0.717, 1.165) is 31.2 Å². The molecule has 1 aliphatic rings. The maximum absolute atomic E-state index is 12.0. The molecule has 104 valence electrons. The fourth-order valence-corrected chi connectivity index (χ4v) is 2.62. The summed E-state index contributed by atoms with van der Waals surface area (Å²) in [7, 11) is 0. The zero-order chi connectivity index (χ0) is 13.5. The van der Waals surface area contributed by atoms with Gasteiger partial charge in [-0.15, -0.1) is 0 Å². The molecule has 19 heavy (non-hydrogen) atoms. The summed E-state index contributed by atoms with van der Waals surface area (Å²) in [6.07, 6.45) is 6.45. The van der Waals surface area contributed by atoms with Crippen LogP contribution in [0, 0.1) is 5.92 Å². The Morgan fingerprint density at radius 3 is 2.89 bits per heavy atom. The van der Waals surface area contributed by atoms with Crippen molar-refractivity contribution in [2.24, 2.45) is 5.92 Å². The molecule has 0 saturated heterocycles. The van der Waals surface area contributed by atoms with Crippen molar-refractivity contribution in [1.82, 2.24) is 10.3 Å². The maximum Gasteiger partial charge on any atom is 0.269 e. The second kappa shape index (κ2) is 7.12. The van der Waals surface area contributed by atoms with E-state index in [0.29, 0.717) is 5.69 Å². The summed E-state index contributed by atoms with van der Waals surface area (Å²) in [5, 5.41) is 6.08. The van der Waals surface area contributed by atoms with E-state index in [4.69, 9.17) is 0 Å². The van der Waals surface area contributed by atoms with Gasteiger partial charge in [0, 0.05) is 13.1 Å². The van der Waals surface area contributed by atoms with Crippen molar-refractivity contribution in [2.75, 3.05) is 18.4 Å². The largest absolute Gasteiger partial charge is 0.370 e. The molecule has 0 bridgehead atoms. The average Bonchev–Trinajstić information content (AvgIpc) is 2.92. The molecule has 1 saturated carbocycles. The summed E-state index contributed by atoms with van der Waals surface area (Å²) in [6, 6.07) is 5.49. The Balaban J connectivity index is 1.79. The summed E-state index contributed by atoms with van der Waals surface area (Å²) >= 11 is 0. The molecule has 0 spiro atoms. The number of aromatic nitrogens is 1. The summed E-state index contributed by atoms with van der Waals surface area (Å²) < 4.78 is 0. The highest BCUT2D eigenvalue weighted by Gasteiger charge is 2.15. The zero-order valence-corrected chi connectivity index (χ0v) is 11.6. The minimum atomic E-state index is -0.0715. The smallest absolute Gasteiger partial charge is 0.269 e. The molecular formula is C15H23N3O. The first-order chi connectivity index (χ1) is 9.29. The minimum absolute atomic E-state index is 0.0715. The summed E-state index contributed by atoms with van der Waals surface area (Å²) in [6.45, 7) is 3.58. The van der Waals surface area contributed by atoms with Crippen LogP contribution in [0.2, 0.25) is 0 Å². The van der Waals surface area contributed by atoms with Crippen molar-refractivity contribution < 1.29 is 4.79 Å². The summed E-state index contributed by atoms with van der Waals surface area (Å²) in [4.78, 5) is 16.3. The first-order valence-corrected chi connectivity index (χ1v) is 7.28. The van der Waals surface area contributed by atoms with Crippen LogP contribution in [0.5, 0.6) is 0 Å². The Hall–Kier alpha value is -1.58.